The highest BCUT2D eigenvalue weighted by Gasteiger charge is 2.45. The Bertz CT molecular complexity index is 1100. The molecule has 0 radical (unpaired) electrons. The Morgan fingerprint density at radius 3 is 1.53 bits per heavy atom. The third kappa shape index (κ3) is 14.7. The van der Waals surface area contributed by atoms with E-state index in [4.69, 9.17) is 21.0 Å². The maximum atomic E-state index is 12.9. The van der Waals surface area contributed by atoms with Gasteiger partial charge in [0.2, 0.25) is 23.6 Å². The molecule has 5 unspecified atom stereocenters. The van der Waals surface area contributed by atoms with Gasteiger partial charge in [0.1, 0.15) is 18.0 Å². The van der Waals surface area contributed by atoms with Crippen molar-refractivity contribution in [1.82, 2.24) is 21.3 Å². The summed E-state index contributed by atoms with van der Waals surface area (Å²) in [5, 5.41) is 59.1. The van der Waals surface area contributed by atoms with E-state index >= 15 is 0 Å². The molecule has 4 amide bonds. The molecule has 0 bridgehead atoms. The van der Waals surface area contributed by atoms with Crippen LogP contribution in [0.2, 0.25) is 0 Å². The van der Waals surface area contributed by atoms with Gasteiger partial charge >= 0.3 is 23.9 Å². The Morgan fingerprint density at radius 1 is 0.744 bits per heavy atom. The summed E-state index contributed by atoms with van der Waals surface area (Å²) in [6.07, 6.45) is -0.717. The van der Waals surface area contributed by atoms with Crippen molar-refractivity contribution in [3.05, 3.63) is 0 Å². The first-order valence-electron chi connectivity index (χ1n) is 12.8. The molecule has 43 heavy (non-hydrogen) atoms. The number of amides is 4. The van der Waals surface area contributed by atoms with E-state index in [2.05, 4.69) is 10.6 Å². The van der Waals surface area contributed by atoms with Crippen molar-refractivity contribution in [2.75, 3.05) is 13.1 Å². The Morgan fingerprint density at radius 2 is 1.19 bits per heavy atom. The predicted octanol–water partition coefficient (Wildman–Crippen LogP) is -1.67. The number of imide groups is 2. The minimum Gasteiger partial charge on any atom is -0.481 e. The van der Waals surface area contributed by atoms with E-state index in [1.807, 2.05) is 0 Å². The minimum absolute atomic E-state index is 0.0583. The van der Waals surface area contributed by atoms with E-state index in [-0.39, 0.29) is 32.2 Å². The van der Waals surface area contributed by atoms with Crippen molar-refractivity contribution < 1.29 is 63.2 Å². The lowest BCUT2D eigenvalue weighted by Gasteiger charge is -2.24. The van der Waals surface area contributed by atoms with Crippen LogP contribution < -0.4 is 21.3 Å². The highest BCUT2D eigenvalue weighted by molar-refractivity contribution is 6.12. The van der Waals surface area contributed by atoms with Gasteiger partial charge in [-0.1, -0.05) is 6.92 Å². The van der Waals surface area contributed by atoms with E-state index in [0.29, 0.717) is 0 Å². The summed E-state index contributed by atoms with van der Waals surface area (Å²) >= 11 is 0. The molecule has 18 nitrogen and oxygen atoms in total. The molecule has 0 aromatic rings. The molecule has 5 atom stereocenters. The fourth-order valence-corrected chi connectivity index (χ4v) is 3.77. The standard InChI is InChI=1S/C24H35FN6O12/c1-11(21(36)37)17(24(42)43)18(19(34)30-15(32)6-2-4-12(22(38)39)28-9-8-26)20(35)31-16(33)7-3-5-13(23(40)41)29-10-14(25)27/h8,11-13,17-18,26-29H,2-7,9-10H2,1H3,(H,36,37)(H,38,39)(H,40,41)(H,42,43)(H,30,32,34)(H,31,33,35). The topological polar surface area (TPSA) is 313 Å². The Hall–Kier alpha value is -4.65. The molecule has 0 heterocycles. The largest absolute Gasteiger partial charge is 0.481 e. The smallest absolute Gasteiger partial charge is 0.320 e. The van der Waals surface area contributed by atoms with Crippen LogP contribution in [0.3, 0.4) is 0 Å². The molecular weight excluding hydrogens is 583 g/mol. The fraction of sp³-hybridized carbons (Fsp3) is 0.583. The van der Waals surface area contributed by atoms with Gasteiger partial charge in [0.05, 0.1) is 18.4 Å². The number of carbonyl (C=O) groups is 8. The van der Waals surface area contributed by atoms with Crippen molar-refractivity contribution in [3.8, 4) is 0 Å². The molecular formula is C24H35FN6O12. The van der Waals surface area contributed by atoms with Crippen LogP contribution in [0.25, 0.3) is 0 Å². The van der Waals surface area contributed by atoms with Crippen LogP contribution in [0.5, 0.6) is 0 Å². The van der Waals surface area contributed by atoms with Crippen molar-refractivity contribution in [2.45, 2.75) is 57.5 Å². The van der Waals surface area contributed by atoms with Crippen LogP contribution in [0.15, 0.2) is 0 Å². The van der Waals surface area contributed by atoms with Gasteiger partial charge in [0.25, 0.3) is 0 Å². The van der Waals surface area contributed by atoms with Crippen molar-refractivity contribution in [2.24, 2.45) is 17.8 Å². The second kappa shape index (κ2) is 19.5. The molecule has 10 N–H and O–H groups in total. The summed E-state index contributed by atoms with van der Waals surface area (Å²) in [4.78, 5) is 96.3. The van der Waals surface area contributed by atoms with Crippen LogP contribution in [0, 0.1) is 28.6 Å². The van der Waals surface area contributed by atoms with E-state index in [1.165, 1.54) is 0 Å². The number of hydrogen-bond acceptors (Lipinski definition) is 12. The maximum Gasteiger partial charge on any atom is 0.320 e. The first kappa shape index (κ1) is 38.4. The molecule has 240 valence electrons. The molecule has 0 fully saturated rings. The quantitative estimate of drug-likeness (QED) is 0.0479. The molecule has 0 saturated carbocycles. The fourth-order valence-electron chi connectivity index (χ4n) is 3.77. The Balaban J connectivity index is 5.57. The summed E-state index contributed by atoms with van der Waals surface area (Å²) in [5.74, 6) is -19.3. The van der Waals surface area contributed by atoms with E-state index in [9.17, 15) is 53.0 Å². The average molecular weight is 619 g/mol. The van der Waals surface area contributed by atoms with E-state index in [1.54, 1.807) is 10.6 Å². The number of hydrogen-bond donors (Lipinski definition) is 10. The number of aliphatic carboxylic acids is 4. The Kier molecular flexibility index (Phi) is 17.4. The number of rotatable bonds is 22. The zero-order valence-corrected chi connectivity index (χ0v) is 23.1. The monoisotopic (exact) mass is 618 g/mol. The minimum atomic E-state index is -2.39. The van der Waals surface area contributed by atoms with Gasteiger partial charge in [0.15, 0.2) is 5.97 Å². The lowest BCUT2D eigenvalue weighted by atomic mass is 9.81. The maximum absolute atomic E-state index is 12.9. The predicted molar refractivity (Wildman–Crippen MR) is 142 cm³/mol. The van der Waals surface area contributed by atoms with Crippen molar-refractivity contribution in [1.29, 1.82) is 10.8 Å². The highest BCUT2D eigenvalue weighted by Crippen LogP contribution is 2.24. The summed E-state index contributed by atoms with van der Waals surface area (Å²) in [7, 11) is 0. The van der Waals surface area contributed by atoms with Crippen LogP contribution >= 0.6 is 0 Å². The van der Waals surface area contributed by atoms with Gasteiger partial charge in [-0.2, -0.15) is 4.39 Å². The van der Waals surface area contributed by atoms with Gasteiger partial charge in [0, 0.05) is 25.6 Å². The van der Waals surface area contributed by atoms with Gasteiger partial charge in [-0.05, 0) is 25.7 Å². The number of carboxylic acid groups (broad SMARTS) is 4. The first-order valence-corrected chi connectivity index (χ1v) is 12.8. The van der Waals surface area contributed by atoms with E-state index in [0.717, 1.165) is 13.1 Å². The molecule has 0 aliphatic heterocycles. The molecule has 0 saturated heterocycles. The second-order valence-electron chi connectivity index (χ2n) is 9.26. The molecule has 0 aliphatic rings. The zero-order chi connectivity index (χ0) is 33.3. The normalized spacial score (nSPS) is 14.2. The lowest BCUT2D eigenvalue weighted by Crippen LogP contribution is -2.52. The average Bonchev–Trinajstić information content (AvgIpc) is 2.89. The number of carboxylic acids is 4. The molecule has 0 aromatic heterocycles. The van der Waals surface area contributed by atoms with Crippen molar-refractivity contribution in [3.63, 3.8) is 0 Å². The SMILES string of the molecule is CC(C(=O)O)C(C(=O)O)C(C(=O)NC(=O)CCCC(NCC=N)C(=O)O)C(=O)NC(=O)CCCC(NCC(=N)F)C(=O)O. The first-order chi connectivity index (χ1) is 20.0. The molecule has 0 aliphatic carbocycles. The third-order valence-electron chi connectivity index (χ3n) is 6.02. The molecule has 0 spiro atoms. The second-order valence-corrected chi connectivity index (χ2v) is 9.26. The van der Waals surface area contributed by atoms with Gasteiger partial charge in [-0.15, -0.1) is 0 Å². The van der Waals surface area contributed by atoms with Gasteiger partial charge in [-0.25, -0.2) is 0 Å². The van der Waals surface area contributed by atoms with Crippen molar-refractivity contribution >= 4 is 59.7 Å². The molecule has 0 aromatic carbocycles. The Labute approximate surface area is 243 Å². The highest BCUT2D eigenvalue weighted by atomic mass is 19.1. The van der Waals surface area contributed by atoms with Gasteiger partial charge in [-0.3, -0.25) is 65.0 Å². The van der Waals surface area contributed by atoms with Crippen LogP contribution in [0.1, 0.15) is 45.4 Å². The number of halogens is 1. The number of carbonyl (C=O) groups excluding carboxylic acids is 4. The summed E-state index contributed by atoms with van der Waals surface area (Å²) < 4.78 is 12.6. The van der Waals surface area contributed by atoms with Gasteiger partial charge < -0.3 is 25.8 Å². The lowest BCUT2D eigenvalue weighted by molar-refractivity contribution is -0.160. The molecule has 19 heteroatoms. The third-order valence-corrected chi connectivity index (χ3v) is 6.02. The van der Waals surface area contributed by atoms with E-state index < -0.39 is 103 Å². The van der Waals surface area contributed by atoms with Crippen LogP contribution in [-0.2, 0) is 38.4 Å². The van der Waals surface area contributed by atoms with Crippen LogP contribution in [0.4, 0.5) is 4.39 Å². The summed E-state index contributed by atoms with van der Waals surface area (Å²) in [5.41, 5.74) is 0. The van der Waals surface area contributed by atoms with Crippen LogP contribution in [-0.4, -0.2) is 105 Å². The number of nitrogens with one attached hydrogen (secondary N) is 6. The summed E-state index contributed by atoms with van der Waals surface area (Å²) in [6, 6.07) is -2.48. The zero-order valence-electron chi connectivity index (χ0n) is 23.1. The molecule has 0 rings (SSSR count). The summed E-state index contributed by atoms with van der Waals surface area (Å²) in [6.45, 7) is 0.149.